The normalized spacial score (nSPS) is 39.5. The fourth-order valence-corrected chi connectivity index (χ4v) is 2.91. The van der Waals surface area contributed by atoms with Crippen LogP contribution in [0.1, 0.15) is 41.5 Å². The lowest BCUT2D eigenvalue weighted by molar-refractivity contribution is -0.467. The Labute approximate surface area is 113 Å². The fraction of sp³-hybridized carbons (Fsp3) is 0.786. The maximum Gasteiger partial charge on any atom is 0.236 e. The van der Waals surface area contributed by atoms with Crippen molar-refractivity contribution in [1.82, 2.24) is 0 Å². The lowest BCUT2D eigenvalue weighted by Gasteiger charge is -2.55. The first-order valence-corrected chi connectivity index (χ1v) is 6.42. The molecule has 0 radical (unpaired) electrons. The van der Waals surface area contributed by atoms with Crippen LogP contribution in [0, 0.1) is 10.8 Å². The highest BCUT2D eigenvalue weighted by Crippen LogP contribution is 2.54. The third kappa shape index (κ3) is 1.72. The van der Waals surface area contributed by atoms with Crippen molar-refractivity contribution in [3.63, 3.8) is 0 Å². The largest absolute Gasteiger partial charge is 0.388 e. The number of rotatable bonds is 0. The van der Waals surface area contributed by atoms with Crippen molar-refractivity contribution in [2.45, 2.75) is 59.0 Å². The lowest BCUT2D eigenvalue weighted by atomic mass is 9.57. The topological polar surface area (TPSA) is 76.0 Å². The summed E-state index contributed by atoms with van der Waals surface area (Å²) in [6, 6.07) is 0. The number of hydrogen-bond acceptors (Lipinski definition) is 5. The van der Waals surface area contributed by atoms with Gasteiger partial charge in [-0.2, -0.15) is 4.89 Å². The van der Waals surface area contributed by atoms with E-state index in [0.717, 1.165) is 0 Å². The molecular formula is C14H22O5. The first kappa shape index (κ1) is 14.7. The number of aliphatic hydroxyl groups excluding tert-OH is 1. The fourth-order valence-electron chi connectivity index (χ4n) is 2.91. The van der Waals surface area contributed by atoms with Gasteiger partial charge in [-0.25, -0.2) is 4.89 Å². The number of carbonyl (C=O) groups is 1. The minimum absolute atomic E-state index is 0.268. The van der Waals surface area contributed by atoms with Gasteiger partial charge in [-0.15, -0.1) is 0 Å². The standard InChI is InChI=1S/C14H22O5/c1-11(2)7-8-9(15)12(3,4)10(16)13(5,6)14(8,17)19-18-11/h7,9,15,17H,1-6H3/t9-,14-/m0/s1. The van der Waals surface area contributed by atoms with Crippen molar-refractivity contribution in [3.8, 4) is 0 Å². The molecule has 0 unspecified atom stereocenters. The molecule has 2 N–H and O–H groups in total. The SMILES string of the molecule is CC1(C)C=C2[C@H](O)C(C)(C)C(=O)C(C)(C)[C@@]2(O)OO1. The van der Waals surface area contributed by atoms with Crippen molar-refractivity contribution in [3.05, 3.63) is 11.6 Å². The average Bonchev–Trinajstić information content (AvgIpc) is 2.28. The van der Waals surface area contributed by atoms with E-state index in [2.05, 4.69) is 0 Å². The summed E-state index contributed by atoms with van der Waals surface area (Å²) in [5.74, 6) is -2.20. The van der Waals surface area contributed by atoms with Crippen molar-refractivity contribution >= 4 is 5.78 Å². The minimum Gasteiger partial charge on any atom is -0.388 e. The second kappa shape index (κ2) is 3.67. The van der Waals surface area contributed by atoms with Crippen LogP contribution in [0.2, 0.25) is 0 Å². The summed E-state index contributed by atoms with van der Waals surface area (Å²) in [5.41, 5.74) is -2.68. The number of ketones is 1. The van der Waals surface area contributed by atoms with Crippen LogP contribution in [0.15, 0.2) is 11.6 Å². The first-order valence-electron chi connectivity index (χ1n) is 6.42. The number of hydrogen-bond donors (Lipinski definition) is 2. The molecule has 0 bridgehead atoms. The number of Topliss-reactive ketones (excluding diaryl/α,β-unsaturated/α-hetero) is 1. The van der Waals surface area contributed by atoms with E-state index in [1.165, 1.54) is 0 Å². The zero-order valence-electron chi connectivity index (χ0n) is 12.3. The predicted octanol–water partition coefficient (Wildman–Crippen LogP) is 1.34. The Morgan fingerprint density at radius 3 is 2.16 bits per heavy atom. The molecule has 2 rings (SSSR count). The summed E-state index contributed by atoms with van der Waals surface area (Å²) in [7, 11) is 0. The van der Waals surface area contributed by atoms with Gasteiger partial charge in [0.25, 0.3) is 0 Å². The van der Waals surface area contributed by atoms with Crippen LogP contribution in [0.4, 0.5) is 0 Å². The van der Waals surface area contributed by atoms with Gasteiger partial charge in [0.1, 0.15) is 5.60 Å². The van der Waals surface area contributed by atoms with Crippen LogP contribution in [0.5, 0.6) is 0 Å². The number of fused-ring (bicyclic) bond motifs is 1. The van der Waals surface area contributed by atoms with Crippen molar-refractivity contribution in [2.24, 2.45) is 10.8 Å². The van der Waals surface area contributed by atoms with Gasteiger partial charge in [0.05, 0.1) is 16.9 Å². The Bertz CT molecular complexity index is 460. The van der Waals surface area contributed by atoms with Crippen LogP contribution in [0.3, 0.4) is 0 Å². The predicted molar refractivity (Wildman–Crippen MR) is 67.9 cm³/mol. The van der Waals surface area contributed by atoms with Gasteiger partial charge in [0.2, 0.25) is 5.79 Å². The molecule has 19 heavy (non-hydrogen) atoms. The molecule has 1 heterocycles. The lowest BCUT2D eigenvalue weighted by Crippen LogP contribution is -2.67. The minimum atomic E-state index is -1.94. The van der Waals surface area contributed by atoms with E-state index in [1.807, 2.05) is 0 Å². The Kier molecular flexibility index (Phi) is 2.83. The Hall–Kier alpha value is -0.750. The molecule has 1 aliphatic heterocycles. The van der Waals surface area contributed by atoms with Gasteiger partial charge < -0.3 is 10.2 Å². The molecule has 1 fully saturated rings. The zero-order chi connectivity index (χ0) is 14.9. The average molecular weight is 270 g/mol. The van der Waals surface area contributed by atoms with Gasteiger partial charge in [0, 0.05) is 5.57 Å². The van der Waals surface area contributed by atoms with E-state index in [4.69, 9.17) is 9.78 Å². The third-order valence-corrected chi connectivity index (χ3v) is 4.25. The molecule has 108 valence electrons. The van der Waals surface area contributed by atoms with Gasteiger partial charge in [0.15, 0.2) is 5.78 Å². The summed E-state index contributed by atoms with van der Waals surface area (Å²) in [6.07, 6.45) is 0.526. The maximum atomic E-state index is 12.5. The highest BCUT2D eigenvalue weighted by atomic mass is 17.2. The second-order valence-electron chi connectivity index (χ2n) is 7.09. The van der Waals surface area contributed by atoms with Crippen LogP contribution in [0.25, 0.3) is 0 Å². The summed E-state index contributed by atoms with van der Waals surface area (Å²) >= 11 is 0. The smallest absolute Gasteiger partial charge is 0.236 e. The first-order chi connectivity index (χ1) is 8.36. The highest BCUT2D eigenvalue weighted by Gasteiger charge is 2.66. The molecule has 0 spiro atoms. The van der Waals surface area contributed by atoms with E-state index in [0.29, 0.717) is 5.57 Å². The van der Waals surface area contributed by atoms with E-state index in [9.17, 15) is 15.0 Å². The van der Waals surface area contributed by atoms with Crippen molar-refractivity contribution in [2.75, 3.05) is 0 Å². The van der Waals surface area contributed by atoms with Crippen molar-refractivity contribution in [1.29, 1.82) is 0 Å². The molecule has 0 aromatic carbocycles. The molecule has 0 saturated heterocycles. The maximum absolute atomic E-state index is 12.5. The van der Waals surface area contributed by atoms with Crippen LogP contribution < -0.4 is 0 Å². The van der Waals surface area contributed by atoms with E-state index >= 15 is 0 Å². The summed E-state index contributed by atoms with van der Waals surface area (Å²) < 4.78 is 0. The number of aliphatic hydroxyl groups is 2. The highest BCUT2D eigenvalue weighted by molar-refractivity contribution is 5.93. The molecule has 2 atom stereocenters. The zero-order valence-corrected chi connectivity index (χ0v) is 12.3. The second-order valence-corrected chi connectivity index (χ2v) is 7.09. The van der Waals surface area contributed by atoms with Gasteiger partial charge >= 0.3 is 0 Å². The van der Waals surface area contributed by atoms with Gasteiger partial charge in [-0.3, -0.25) is 4.79 Å². The quantitative estimate of drug-likeness (QED) is 0.513. The van der Waals surface area contributed by atoms with Crippen LogP contribution >= 0.6 is 0 Å². The van der Waals surface area contributed by atoms with E-state index in [-0.39, 0.29) is 5.78 Å². The summed E-state index contributed by atoms with van der Waals surface area (Å²) in [6.45, 7) is 10.0. The Morgan fingerprint density at radius 2 is 1.63 bits per heavy atom. The Morgan fingerprint density at radius 1 is 1.11 bits per heavy atom. The van der Waals surface area contributed by atoms with Crippen LogP contribution in [-0.2, 0) is 14.6 Å². The molecule has 1 saturated carbocycles. The molecule has 5 nitrogen and oxygen atoms in total. The summed E-state index contributed by atoms with van der Waals surface area (Å²) in [4.78, 5) is 22.8. The molecule has 2 aliphatic rings. The number of carbonyl (C=O) groups excluding carboxylic acids is 1. The van der Waals surface area contributed by atoms with Gasteiger partial charge in [-0.1, -0.05) is 13.8 Å². The van der Waals surface area contributed by atoms with Gasteiger partial charge in [-0.05, 0) is 33.8 Å². The van der Waals surface area contributed by atoms with E-state index in [1.54, 1.807) is 47.6 Å². The van der Waals surface area contributed by atoms with E-state index < -0.39 is 28.3 Å². The molecule has 0 amide bonds. The molecule has 5 heteroatoms. The molecule has 0 aromatic rings. The molecule has 0 aromatic heterocycles. The molecular weight excluding hydrogens is 248 g/mol. The summed E-state index contributed by atoms with van der Waals surface area (Å²) in [5, 5.41) is 21.2. The van der Waals surface area contributed by atoms with Crippen molar-refractivity contribution < 1.29 is 24.8 Å². The Balaban J connectivity index is 2.67. The molecule has 1 aliphatic carbocycles. The monoisotopic (exact) mass is 270 g/mol. The third-order valence-electron chi connectivity index (χ3n) is 4.25. The van der Waals surface area contributed by atoms with Crippen LogP contribution in [-0.4, -0.2) is 33.5 Å².